The van der Waals surface area contributed by atoms with Crippen LogP contribution in [-0.2, 0) is 6.42 Å². The van der Waals surface area contributed by atoms with Gasteiger partial charge in [0, 0.05) is 10.4 Å². The van der Waals surface area contributed by atoms with Crippen molar-refractivity contribution in [3.05, 3.63) is 51.7 Å². The quantitative estimate of drug-likeness (QED) is 0.705. The van der Waals surface area contributed by atoms with Crippen LogP contribution in [0.25, 0.3) is 11.3 Å². The van der Waals surface area contributed by atoms with Crippen molar-refractivity contribution in [1.82, 2.24) is 10.1 Å². The van der Waals surface area contributed by atoms with Crippen molar-refractivity contribution in [2.75, 3.05) is 5.32 Å². The molecule has 0 fully saturated rings. The van der Waals surface area contributed by atoms with Crippen molar-refractivity contribution in [1.29, 1.82) is 0 Å². The van der Waals surface area contributed by atoms with Crippen molar-refractivity contribution < 1.29 is 9.32 Å². The van der Waals surface area contributed by atoms with E-state index in [4.69, 9.17) is 4.52 Å². The Morgan fingerprint density at radius 2 is 1.92 bits per heavy atom. The Balaban J connectivity index is 1.81. The molecule has 25 heavy (non-hydrogen) atoms. The number of aromatic nitrogens is 2. The van der Waals surface area contributed by atoms with E-state index in [2.05, 4.69) is 46.6 Å². The minimum absolute atomic E-state index is 0.241. The molecule has 0 saturated heterocycles. The van der Waals surface area contributed by atoms with Gasteiger partial charge in [-0.1, -0.05) is 42.8 Å². The van der Waals surface area contributed by atoms with E-state index in [-0.39, 0.29) is 5.91 Å². The highest BCUT2D eigenvalue weighted by atomic mass is 32.1. The lowest BCUT2D eigenvalue weighted by molar-refractivity contribution is 0.102. The summed E-state index contributed by atoms with van der Waals surface area (Å²) in [7, 11) is 0. The predicted molar refractivity (Wildman–Crippen MR) is 100 cm³/mol. The van der Waals surface area contributed by atoms with Gasteiger partial charge in [0.2, 0.25) is 0 Å². The lowest BCUT2D eigenvalue weighted by Gasteiger charge is -2.02. The molecule has 0 aliphatic heterocycles. The summed E-state index contributed by atoms with van der Waals surface area (Å²) in [6.07, 6.45) is 2.21. The second kappa shape index (κ2) is 7.19. The van der Waals surface area contributed by atoms with Crippen LogP contribution in [0.2, 0.25) is 0 Å². The van der Waals surface area contributed by atoms with Crippen LogP contribution in [0, 0.1) is 20.8 Å². The molecule has 5 nitrogen and oxygen atoms in total. The summed E-state index contributed by atoms with van der Waals surface area (Å²) in [6, 6.07) is 8.46. The molecule has 1 amide bonds. The highest BCUT2D eigenvalue weighted by molar-refractivity contribution is 7.16. The molecule has 0 aliphatic rings. The summed E-state index contributed by atoms with van der Waals surface area (Å²) in [5.74, 6) is 0.268. The first kappa shape index (κ1) is 17.4. The summed E-state index contributed by atoms with van der Waals surface area (Å²) in [6.45, 7) is 7.66. The standard InChI is InChI=1S/C19H21N3O2S/c1-5-6-14-7-9-15(10-8-14)17-13(4)25-19(20-17)21-18(23)16-11(2)22-24-12(16)3/h7-10H,5-6H2,1-4H3,(H,20,21,23). The van der Waals surface area contributed by atoms with E-state index in [1.54, 1.807) is 13.8 Å². The zero-order valence-electron chi connectivity index (χ0n) is 14.8. The normalized spacial score (nSPS) is 10.9. The number of anilines is 1. The van der Waals surface area contributed by atoms with E-state index < -0.39 is 0 Å². The van der Waals surface area contributed by atoms with Crippen LogP contribution in [0.1, 0.15) is 45.6 Å². The molecule has 6 heteroatoms. The first-order valence-electron chi connectivity index (χ1n) is 8.30. The molecule has 3 aromatic rings. The Kier molecular flexibility index (Phi) is 4.99. The number of nitrogens with one attached hydrogen (secondary N) is 1. The molecule has 2 aromatic heterocycles. The van der Waals surface area contributed by atoms with Gasteiger partial charge in [0.05, 0.1) is 11.4 Å². The number of nitrogens with zero attached hydrogens (tertiary/aromatic N) is 2. The fraction of sp³-hybridized carbons (Fsp3) is 0.316. The third-order valence-corrected chi connectivity index (χ3v) is 4.93. The fourth-order valence-corrected chi connectivity index (χ4v) is 3.63. The molecule has 0 saturated carbocycles. The van der Waals surface area contributed by atoms with E-state index in [0.29, 0.717) is 22.1 Å². The molecule has 1 aromatic carbocycles. The predicted octanol–water partition coefficient (Wildman–Crippen LogP) is 4.93. The number of thiazole rings is 1. The molecular formula is C19H21N3O2S. The Hall–Kier alpha value is -2.47. The smallest absolute Gasteiger partial charge is 0.262 e. The van der Waals surface area contributed by atoms with Gasteiger partial charge < -0.3 is 4.52 Å². The van der Waals surface area contributed by atoms with Crippen molar-refractivity contribution in [3.63, 3.8) is 0 Å². The lowest BCUT2D eigenvalue weighted by atomic mass is 10.1. The highest BCUT2D eigenvalue weighted by Gasteiger charge is 2.19. The number of hydrogen-bond acceptors (Lipinski definition) is 5. The van der Waals surface area contributed by atoms with Crippen LogP contribution in [0.3, 0.4) is 0 Å². The number of carbonyl (C=O) groups is 1. The Morgan fingerprint density at radius 3 is 2.52 bits per heavy atom. The van der Waals surface area contributed by atoms with Crippen LogP contribution < -0.4 is 5.32 Å². The second-order valence-corrected chi connectivity index (χ2v) is 7.23. The average Bonchev–Trinajstić information content (AvgIpc) is 3.10. The van der Waals surface area contributed by atoms with Crippen LogP contribution >= 0.6 is 11.3 Å². The lowest BCUT2D eigenvalue weighted by Crippen LogP contribution is -2.13. The molecule has 2 heterocycles. The number of carbonyl (C=O) groups excluding carboxylic acids is 1. The van der Waals surface area contributed by atoms with E-state index in [9.17, 15) is 4.79 Å². The topological polar surface area (TPSA) is 68.0 Å². The van der Waals surface area contributed by atoms with E-state index in [0.717, 1.165) is 29.0 Å². The Morgan fingerprint density at radius 1 is 1.20 bits per heavy atom. The van der Waals surface area contributed by atoms with Crippen molar-refractivity contribution in [3.8, 4) is 11.3 Å². The average molecular weight is 355 g/mol. The van der Waals surface area contributed by atoms with Gasteiger partial charge in [-0.3, -0.25) is 10.1 Å². The minimum atomic E-state index is -0.241. The first-order valence-corrected chi connectivity index (χ1v) is 9.12. The van der Waals surface area contributed by atoms with Gasteiger partial charge in [0.25, 0.3) is 5.91 Å². The highest BCUT2D eigenvalue weighted by Crippen LogP contribution is 2.31. The fourth-order valence-electron chi connectivity index (χ4n) is 2.80. The molecule has 0 atom stereocenters. The van der Waals surface area contributed by atoms with Crippen LogP contribution in [0.5, 0.6) is 0 Å². The van der Waals surface area contributed by atoms with Crippen LogP contribution in [0.4, 0.5) is 5.13 Å². The molecule has 0 aliphatic carbocycles. The van der Waals surface area contributed by atoms with Crippen molar-refractivity contribution >= 4 is 22.4 Å². The van der Waals surface area contributed by atoms with Crippen LogP contribution in [0.15, 0.2) is 28.8 Å². The maximum atomic E-state index is 12.4. The number of amides is 1. The van der Waals surface area contributed by atoms with Gasteiger partial charge in [-0.15, -0.1) is 11.3 Å². The SMILES string of the molecule is CCCc1ccc(-c2nc(NC(=O)c3c(C)noc3C)sc2C)cc1. The summed E-state index contributed by atoms with van der Waals surface area (Å²) >= 11 is 1.47. The molecule has 0 bridgehead atoms. The molecule has 130 valence electrons. The van der Waals surface area contributed by atoms with Crippen LogP contribution in [-0.4, -0.2) is 16.0 Å². The summed E-state index contributed by atoms with van der Waals surface area (Å²) in [5.41, 5.74) is 4.34. The van der Waals surface area contributed by atoms with Gasteiger partial charge in [0.1, 0.15) is 11.3 Å². The monoisotopic (exact) mass is 355 g/mol. The third-order valence-electron chi connectivity index (χ3n) is 4.04. The van der Waals surface area contributed by atoms with Crippen molar-refractivity contribution in [2.24, 2.45) is 0 Å². The van der Waals surface area contributed by atoms with Gasteiger partial charge >= 0.3 is 0 Å². The maximum absolute atomic E-state index is 12.4. The van der Waals surface area contributed by atoms with Gasteiger partial charge in [0.15, 0.2) is 5.13 Å². The Labute approximate surface area is 151 Å². The third kappa shape index (κ3) is 3.64. The number of rotatable bonds is 5. The maximum Gasteiger partial charge on any atom is 0.262 e. The zero-order chi connectivity index (χ0) is 18.0. The molecule has 1 N–H and O–H groups in total. The summed E-state index contributed by atoms with van der Waals surface area (Å²) < 4.78 is 5.06. The summed E-state index contributed by atoms with van der Waals surface area (Å²) in [4.78, 5) is 18.1. The molecule has 0 spiro atoms. The molecule has 0 unspecified atom stereocenters. The van der Waals surface area contributed by atoms with Gasteiger partial charge in [-0.25, -0.2) is 4.98 Å². The van der Waals surface area contributed by atoms with Crippen molar-refractivity contribution in [2.45, 2.75) is 40.5 Å². The largest absolute Gasteiger partial charge is 0.361 e. The second-order valence-electron chi connectivity index (χ2n) is 6.02. The number of benzene rings is 1. The number of aryl methyl sites for hydroxylation is 4. The molecule has 3 rings (SSSR count). The molecule has 0 radical (unpaired) electrons. The Bertz CT molecular complexity index is 875. The number of hydrogen-bond donors (Lipinski definition) is 1. The van der Waals surface area contributed by atoms with Gasteiger partial charge in [-0.2, -0.15) is 0 Å². The molecular weight excluding hydrogens is 334 g/mol. The van der Waals surface area contributed by atoms with Gasteiger partial charge in [-0.05, 0) is 32.8 Å². The van der Waals surface area contributed by atoms with E-state index in [1.807, 2.05) is 6.92 Å². The first-order chi connectivity index (χ1) is 12.0. The van der Waals surface area contributed by atoms with E-state index in [1.165, 1.54) is 16.9 Å². The minimum Gasteiger partial charge on any atom is -0.361 e. The summed E-state index contributed by atoms with van der Waals surface area (Å²) in [5, 5.41) is 7.26. The van der Waals surface area contributed by atoms with E-state index >= 15 is 0 Å². The zero-order valence-corrected chi connectivity index (χ0v) is 15.7.